The van der Waals surface area contributed by atoms with Gasteiger partial charge in [-0.3, -0.25) is 9.59 Å². The molecule has 21 heavy (non-hydrogen) atoms. The number of piperidine rings is 1. The van der Waals surface area contributed by atoms with E-state index in [0.29, 0.717) is 38.9 Å². The van der Waals surface area contributed by atoms with Gasteiger partial charge in [0.15, 0.2) is 0 Å². The predicted octanol–water partition coefficient (Wildman–Crippen LogP) is 1.70. The molecule has 1 fully saturated rings. The minimum Gasteiger partial charge on any atom is -0.396 e. The quantitative estimate of drug-likeness (QED) is 0.561. The van der Waals surface area contributed by atoms with Crippen LogP contribution in [0.3, 0.4) is 0 Å². The van der Waals surface area contributed by atoms with Gasteiger partial charge in [-0.2, -0.15) is 0 Å². The van der Waals surface area contributed by atoms with Gasteiger partial charge in [0.2, 0.25) is 5.91 Å². The lowest BCUT2D eigenvalue weighted by molar-refractivity contribution is -0.126. The number of amides is 2. The van der Waals surface area contributed by atoms with Crippen LogP contribution in [0.1, 0.15) is 29.6 Å². The van der Waals surface area contributed by atoms with Crippen molar-refractivity contribution in [2.75, 3.05) is 26.2 Å². The average Bonchev–Trinajstić information content (AvgIpc) is 2.93. The van der Waals surface area contributed by atoms with Gasteiger partial charge in [0.25, 0.3) is 5.91 Å². The number of rotatable bonds is 5. The lowest BCUT2D eigenvalue weighted by atomic mass is 9.95. The molecule has 0 unspecified atom stereocenters. The molecule has 2 N–H and O–H groups in total. The number of hydrogen-bond donors (Lipinski definition) is 2. The van der Waals surface area contributed by atoms with Crippen LogP contribution in [0.25, 0.3) is 0 Å². The van der Waals surface area contributed by atoms with Crippen LogP contribution >= 0.6 is 33.9 Å². The van der Waals surface area contributed by atoms with Gasteiger partial charge < -0.3 is 15.3 Å². The Bertz CT molecular complexity index is 498. The zero-order valence-electron chi connectivity index (χ0n) is 11.7. The summed E-state index contributed by atoms with van der Waals surface area (Å²) < 4.78 is 1.11. The largest absolute Gasteiger partial charge is 0.396 e. The summed E-state index contributed by atoms with van der Waals surface area (Å²) in [5, 5.41) is 13.4. The van der Waals surface area contributed by atoms with Gasteiger partial charge in [-0.15, -0.1) is 11.3 Å². The number of nitrogens with one attached hydrogen (secondary N) is 1. The minimum absolute atomic E-state index is 0.0182. The van der Waals surface area contributed by atoms with E-state index in [-0.39, 0.29) is 24.3 Å². The van der Waals surface area contributed by atoms with E-state index in [9.17, 15) is 9.59 Å². The maximum Gasteiger partial charge on any atom is 0.254 e. The van der Waals surface area contributed by atoms with E-state index in [0.717, 1.165) is 8.45 Å². The molecule has 0 bridgehead atoms. The maximum absolute atomic E-state index is 12.3. The van der Waals surface area contributed by atoms with Crippen molar-refractivity contribution in [3.8, 4) is 0 Å². The fraction of sp³-hybridized carbons (Fsp3) is 0.571. The number of carbonyl (C=O) groups excluding carboxylic acids is 2. The van der Waals surface area contributed by atoms with Gasteiger partial charge in [-0.05, 0) is 47.9 Å². The van der Waals surface area contributed by atoms with Crippen LogP contribution < -0.4 is 5.32 Å². The molecule has 0 atom stereocenters. The van der Waals surface area contributed by atoms with Gasteiger partial charge in [-0.1, -0.05) is 0 Å². The highest BCUT2D eigenvalue weighted by Gasteiger charge is 2.27. The Labute approximate surface area is 141 Å². The van der Waals surface area contributed by atoms with Crippen molar-refractivity contribution in [2.24, 2.45) is 5.92 Å². The highest BCUT2D eigenvalue weighted by Crippen LogP contribution is 2.22. The van der Waals surface area contributed by atoms with Crippen LogP contribution in [0.5, 0.6) is 0 Å². The Kier molecular flexibility index (Phi) is 6.43. The van der Waals surface area contributed by atoms with Gasteiger partial charge in [0, 0.05) is 37.5 Å². The third-order valence-corrected chi connectivity index (χ3v) is 5.39. The maximum atomic E-state index is 12.3. The van der Waals surface area contributed by atoms with E-state index >= 15 is 0 Å². The molecule has 2 amide bonds. The van der Waals surface area contributed by atoms with Crippen LogP contribution in [0.4, 0.5) is 0 Å². The van der Waals surface area contributed by atoms with Crippen LogP contribution in [-0.2, 0) is 4.79 Å². The normalized spacial score (nSPS) is 16.0. The van der Waals surface area contributed by atoms with E-state index in [4.69, 9.17) is 5.11 Å². The van der Waals surface area contributed by atoms with Gasteiger partial charge in [0.1, 0.15) is 0 Å². The summed E-state index contributed by atoms with van der Waals surface area (Å²) in [6, 6.07) is 1.90. The minimum atomic E-state index is -0.0182. The molecule has 1 saturated heterocycles. The number of halogens is 1. The van der Waals surface area contributed by atoms with Gasteiger partial charge in [-0.25, -0.2) is 0 Å². The number of nitrogens with zero attached hydrogens (tertiary/aromatic N) is 1. The molecule has 1 aromatic heterocycles. The second-order valence-corrected chi connectivity index (χ2v) is 7.88. The molecular weight excluding hydrogens is 403 g/mol. The van der Waals surface area contributed by atoms with Gasteiger partial charge >= 0.3 is 0 Å². The van der Waals surface area contributed by atoms with Crippen molar-refractivity contribution in [3.05, 3.63) is 19.9 Å². The van der Waals surface area contributed by atoms with Crippen LogP contribution in [0, 0.1) is 8.80 Å². The summed E-state index contributed by atoms with van der Waals surface area (Å²) >= 11 is 3.78. The fourth-order valence-corrected chi connectivity index (χ4v) is 3.70. The fourth-order valence-electron chi connectivity index (χ4n) is 2.38. The van der Waals surface area contributed by atoms with E-state index in [1.54, 1.807) is 11.3 Å². The molecule has 0 aliphatic carbocycles. The van der Waals surface area contributed by atoms with Crippen molar-refractivity contribution in [2.45, 2.75) is 19.3 Å². The molecule has 0 aromatic carbocycles. The van der Waals surface area contributed by atoms with E-state index in [1.807, 2.05) is 16.3 Å². The topological polar surface area (TPSA) is 69.6 Å². The standard InChI is InChI=1S/C14H19IN2O3S/c15-12-8-11(9-21-12)14(20)17-5-2-10(3-6-17)13(19)16-4-1-7-18/h8-10,18H,1-7H2,(H,16,19). The Morgan fingerprint density at radius 2 is 2.14 bits per heavy atom. The molecule has 116 valence electrons. The van der Waals surface area contributed by atoms with Crippen molar-refractivity contribution in [1.29, 1.82) is 0 Å². The second-order valence-electron chi connectivity index (χ2n) is 5.07. The summed E-state index contributed by atoms with van der Waals surface area (Å²) in [5.41, 5.74) is 0.746. The van der Waals surface area contributed by atoms with E-state index in [2.05, 4.69) is 27.9 Å². The Hall–Kier alpha value is -0.670. The average molecular weight is 422 g/mol. The number of thiophene rings is 1. The third kappa shape index (κ3) is 4.65. The molecular formula is C14H19IN2O3S. The molecule has 0 radical (unpaired) electrons. The summed E-state index contributed by atoms with van der Waals surface area (Å²) in [4.78, 5) is 26.1. The lowest BCUT2D eigenvalue weighted by Crippen LogP contribution is -2.43. The molecule has 2 rings (SSSR count). The molecule has 7 heteroatoms. The van der Waals surface area contributed by atoms with Crippen LogP contribution in [-0.4, -0.2) is 48.1 Å². The number of aliphatic hydroxyl groups excluding tert-OH is 1. The highest BCUT2D eigenvalue weighted by atomic mass is 127. The second kappa shape index (κ2) is 8.09. The molecule has 1 aromatic rings. The monoisotopic (exact) mass is 422 g/mol. The molecule has 2 heterocycles. The number of likely N-dealkylation sites (tertiary alicyclic amines) is 1. The Balaban J connectivity index is 1.80. The van der Waals surface area contributed by atoms with Crippen molar-refractivity contribution >= 4 is 45.7 Å². The van der Waals surface area contributed by atoms with Gasteiger partial charge in [0.05, 0.1) is 8.45 Å². The molecule has 1 aliphatic heterocycles. The summed E-state index contributed by atoms with van der Waals surface area (Å²) in [6.45, 7) is 1.86. The number of carbonyl (C=O) groups is 2. The number of aliphatic hydroxyl groups is 1. The SMILES string of the molecule is O=C(NCCCO)C1CCN(C(=O)c2csc(I)c2)CC1. The first-order valence-corrected chi connectivity index (χ1v) is 8.99. The van der Waals surface area contributed by atoms with Crippen LogP contribution in [0.15, 0.2) is 11.4 Å². The molecule has 5 nitrogen and oxygen atoms in total. The summed E-state index contributed by atoms with van der Waals surface area (Å²) in [7, 11) is 0. The van der Waals surface area contributed by atoms with Crippen molar-refractivity contribution < 1.29 is 14.7 Å². The first kappa shape index (κ1) is 16.7. The highest BCUT2D eigenvalue weighted by molar-refractivity contribution is 14.1. The third-order valence-electron chi connectivity index (χ3n) is 3.60. The smallest absolute Gasteiger partial charge is 0.254 e. The van der Waals surface area contributed by atoms with Crippen molar-refractivity contribution in [3.63, 3.8) is 0 Å². The molecule has 0 spiro atoms. The summed E-state index contributed by atoms with van der Waals surface area (Å²) in [6.07, 6.45) is 2.00. The van der Waals surface area contributed by atoms with E-state index in [1.165, 1.54) is 0 Å². The first-order chi connectivity index (χ1) is 10.1. The van der Waals surface area contributed by atoms with E-state index < -0.39 is 0 Å². The van der Waals surface area contributed by atoms with Crippen LogP contribution in [0.2, 0.25) is 0 Å². The zero-order valence-corrected chi connectivity index (χ0v) is 14.7. The molecule has 0 saturated carbocycles. The predicted molar refractivity (Wildman–Crippen MR) is 90.4 cm³/mol. The first-order valence-electron chi connectivity index (χ1n) is 7.03. The zero-order chi connectivity index (χ0) is 15.2. The number of hydrogen-bond acceptors (Lipinski definition) is 4. The lowest BCUT2D eigenvalue weighted by Gasteiger charge is -2.31. The Morgan fingerprint density at radius 3 is 2.71 bits per heavy atom. The van der Waals surface area contributed by atoms with Crippen molar-refractivity contribution in [1.82, 2.24) is 10.2 Å². The Morgan fingerprint density at radius 1 is 1.43 bits per heavy atom. The summed E-state index contributed by atoms with van der Waals surface area (Å²) in [5.74, 6) is 0.0873. The molecule has 1 aliphatic rings.